The lowest BCUT2D eigenvalue weighted by atomic mass is 10.3. The van der Waals surface area contributed by atoms with Crippen LogP contribution >= 0.6 is 0 Å². The highest BCUT2D eigenvalue weighted by Crippen LogP contribution is 1.97. The van der Waals surface area contributed by atoms with E-state index < -0.39 is 0 Å². The normalized spacial score (nSPS) is 20.9. The van der Waals surface area contributed by atoms with Crippen molar-refractivity contribution in [3.05, 3.63) is 0 Å². The smallest absolute Gasteiger partial charge is 0.0843 e. The highest BCUT2D eigenvalue weighted by atomic mass is 16.5. The number of rotatable bonds is 4. The van der Waals surface area contributed by atoms with Crippen molar-refractivity contribution in [3.63, 3.8) is 0 Å². The zero-order valence-corrected chi connectivity index (χ0v) is 8.12. The van der Waals surface area contributed by atoms with Crippen LogP contribution in [0.2, 0.25) is 0 Å². The minimum atomic E-state index is 0.387. The maximum Gasteiger partial charge on any atom is 0.0843 e. The molecule has 0 radical (unpaired) electrons. The van der Waals surface area contributed by atoms with E-state index in [1.54, 1.807) is 0 Å². The van der Waals surface area contributed by atoms with Gasteiger partial charge in [-0.25, -0.2) is 0 Å². The first-order valence-electron chi connectivity index (χ1n) is 4.73. The van der Waals surface area contributed by atoms with Crippen molar-refractivity contribution in [1.82, 2.24) is 10.2 Å². The number of ether oxygens (including phenoxy) is 1. The summed E-state index contributed by atoms with van der Waals surface area (Å²) in [5, 5.41) is 11.5. The minimum absolute atomic E-state index is 0.387. The van der Waals surface area contributed by atoms with Crippen LogP contribution in [0, 0.1) is 11.3 Å². The van der Waals surface area contributed by atoms with Gasteiger partial charge < -0.3 is 10.1 Å². The van der Waals surface area contributed by atoms with Crippen molar-refractivity contribution in [2.45, 2.75) is 13.0 Å². The van der Waals surface area contributed by atoms with Gasteiger partial charge in [-0.05, 0) is 6.92 Å². The zero-order chi connectivity index (χ0) is 9.52. The first kappa shape index (κ1) is 10.5. The second kappa shape index (κ2) is 5.92. The van der Waals surface area contributed by atoms with Gasteiger partial charge >= 0.3 is 0 Å². The van der Waals surface area contributed by atoms with Crippen LogP contribution in [0.5, 0.6) is 0 Å². The van der Waals surface area contributed by atoms with E-state index in [0.29, 0.717) is 12.6 Å². The van der Waals surface area contributed by atoms with Crippen LogP contribution < -0.4 is 5.32 Å². The molecule has 1 heterocycles. The molecular weight excluding hydrogens is 166 g/mol. The largest absolute Gasteiger partial charge is 0.379 e. The Morgan fingerprint density at radius 3 is 2.85 bits per heavy atom. The third kappa shape index (κ3) is 4.23. The SMILES string of the molecule is CC(CN1CCOCC1)NCC#N. The molecule has 0 spiro atoms. The van der Waals surface area contributed by atoms with Crippen molar-refractivity contribution in [2.24, 2.45) is 0 Å². The second-order valence-electron chi connectivity index (χ2n) is 3.35. The van der Waals surface area contributed by atoms with Gasteiger partial charge in [-0.1, -0.05) is 0 Å². The van der Waals surface area contributed by atoms with Gasteiger partial charge in [0.15, 0.2) is 0 Å². The van der Waals surface area contributed by atoms with Gasteiger partial charge in [0, 0.05) is 25.7 Å². The van der Waals surface area contributed by atoms with Crippen molar-refractivity contribution < 1.29 is 4.74 Å². The van der Waals surface area contributed by atoms with E-state index in [2.05, 4.69) is 23.2 Å². The molecule has 1 atom stereocenters. The highest BCUT2D eigenvalue weighted by molar-refractivity contribution is 4.77. The number of morpholine rings is 1. The molecule has 0 saturated carbocycles. The molecule has 0 aromatic rings. The predicted molar refractivity (Wildman–Crippen MR) is 50.3 cm³/mol. The van der Waals surface area contributed by atoms with Crippen molar-refractivity contribution in [1.29, 1.82) is 5.26 Å². The fourth-order valence-electron chi connectivity index (χ4n) is 1.46. The maximum atomic E-state index is 8.37. The molecular formula is C9H17N3O. The monoisotopic (exact) mass is 183 g/mol. The highest BCUT2D eigenvalue weighted by Gasteiger charge is 2.12. The summed E-state index contributed by atoms with van der Waals surface area (Å²) in [5.74, 6) is 0. The molecule has 0 bridgehead atoms. The van der Waals surface area contributed by atoms with Crippen LogP contribution in [0.4, 0.5) is 0 Å². The van der Waals surface area contributed by atoms with Crippen molar-refractivity contribution in [3.8, 4) is 6.07 Å². The molecule has 0 aromatic heterocycles. The quantitative estimate of drug-likeness (QED) is 0.614. The number of nitriles is 1. The molecule has 0 aliphatic carbocycles. The van der Waals surface area contributed by atoms with Gasteiger partial charge in [-0.2, -0.15) is 5.26 Å². The molecule has 1 rings (SSSR count). The molecule has 1 saturated heterocycles. The van der Waals surface area contributed by atoms with E-state index in [1.807, 2.05) is 0 Å². The van der Waals surface area contributed by atoms with Crippen LogP contribution in [0.3, 0.4) is 0 Å². The van der Waals surface area contributed by atoms with Gasteiger partial charge in [0.05, 0.1) is 25.8 Å². The molecule has 13 heavy (non-hydrogen) atoms. The molecule has 74 valence electrons. The van der Waals surface area contributed by atoms with Gasteiger partial charge in [0.1, 0.15) is 0 Å². The fraction of sp³-hybridized carbons (Fsp3) is 0.889. The summed E-state index contributed by atoms with van der Waals surface area (Å²) in [5.41, 5.74) is 0. The third-order valence-corrected chi connectivity index (χ3v) is 2.17. The number of nitrogens with one attached hydrogen (secondary N) is 1. The Balaban J connectivity index is 2.11. The molecule has 1 aliphatic rings. The number of hydrogen-bond acceptors (Lipinski definition) is 4. The lowest BCUT2D eigenvalue weighted by molar-refractivity contribution is 0.0346. The summed E-state index contributed by atoms with van der Waals surface area (Å²) < 4.78 is 5.25. The molecule has 0 amide bonds. The van der Waals surface area contributed by atoms with E-state index >= 15 is 0 Å². The lowest BCUT2D eigenvalue weighted by Gasteiger charge is -2.29. The molecule has 1 aliphatic heterocycles. The maximum absolute atomic E-state index is 8.37. The summed E-state index contributed by atoms with van der Waals surface area (Å²) in [4.78, 5) is 2.36. The standard InChI is InChI=1S/C9H17N3O/c1-9(11-3-2-10)8-12-4-6-13-7-5-12/h9,11H,3-8H2,1H3. The van der Waals surface area contributed by atoms with Crippen LogP contribution in [0.1, 0.15) is 6.92 Å². The first-order valence-corrected chi connectivity index (χ1v) is 4.73. The van der Waals surface area contributed by atoms with E-state index in [0.717, 1.165) is 32.8 Å². The lowest BCUT2D eigenvalue weighted by Crippen LogP contribution is -2.44. The Labute approximate surface area is 79.5 Å². The van der Waals surface area contributed by atoms with Gasteiger partial charge in [0.25, 0.3) is 0 Å². The third-order valence-electron chi connectivity index (χ3n) is 2.17. The summed E-state index contributed by atoms with van der Waals surface area (Å²) >= 11 is 0. The van der Waals surface area contributed by atoms with Crippen molar-refractivity contribution in [2.75, 3.05) is 39.4 Å². The average molecular weight is 183 g/mol. The van der Waals surface area contributed by atoms with Crippen LogP contribution in [-0.4, -0.2) is 50.3 Å². The van der Waals surface area contributed by atoms with Gasteiger partial charge in [-0.3, -0.25) is 4.90 Å². The Morgan fingerprint density at radius 1 is 1.54 bits per heavy atom. The van der Waals surface area contributed by atoms with E-state index in [4.69, 9.17) is 10.00 Å². The Kier molecular flexibility index (Phi) is 4.76. The van der Waals surface area contributed by atoms with Gasteiger partial charge in [0.2, 0.25) is 0 Å². The van der Waals surface area contributed by atoms with Crippen LogP contribution in [0.25, 0.3) is 0 Å². The Bertz CT molecular complexity index is 172. The molecule has 4 heteroatoms. The molecule has 1 N–H and O–H groups in total. The predicted octanol–water partition coefficient (Wildman–Crippen LogP) is -0.180. The van der Waals surface area contributed by atoms with E-state index in [1.165, 1.54) is 0 Å². The minimum Gasteiger partial charge on any atom is -0.379 e. The average Bonchev–Trinajstić information content (AvgIpc) is 2.16. The summed E-state index contributed by atoms with van der Waals surface area (Å²) in [7, 11) is 0. The number of nitrogens with zero attached hydrogens (tertiary/aromatic N) is 2. The second-order valence-corrected chi connectivity index (χ2v) is 3.35. The molecule has 1 fully saturated rings. The Morgan fingerprint density at radius 2 is 2.23 bits per heavy atom. The van der Waals surface area contributed by atoms with E-state index in [-0.39, 0.29) is 0 Å². The van der Waals surface area contributed by atoms with Crippen molar-refractivity contribution >= 4 is 0 Å². The first-order chi connectivity index (χ1) is 6.33. The van der Waals surface area contributed by atoms with Gasteiger partial charge in [-0.15, -0.1) is 0 Å². The molecule has 1 unspecified atom stereocenters. The van der Waals surface area contributed by atoms with E-state index in [9.17, 15) is 0 Å². The summed E-state index contributed by atoms with van der Waals surface area (Å²) in [6, 6.07) is 2.47. The summed E-state index contributed by atoms with van der Waals surface area (Å²) in [6.07, 6.45) is 0. The summed E-state index contributed by atoms with van der Waals surface area (Å²) in [6.45, 7) is 7.25. The Hall–Kier alpha value is -0.630. The number of hydrogen-bond donors (Lipinski definition) is 1. The van der Waals surface area contributed by atoms with Crippen LogP contribution in [0.15, 0.2) is 0 Å². The fourth-order valence-corrected chi connectivity index (χ4v) is 1.46. The molecule has 4 nitrogen and oxygen atoms in total. The van der Waals surface area contributed by atoms with Crippen LogP contribution in [-0.2, 0) is 4.74 Å². The zero-order valence-electron chi connectivity index (χ0n) is 8.12. The molecule has 0 aromatic carbocycles. The topological polar surface area (TPSA) is 48.3 Å².